The van der Waals surface area contributed by atoms with Gasteiger partial charge in [-0.15, -0.1) is 0 Å². The van der Waals surface area contributed by atoms with Gasteiger partial charge in [0.15, 0.2) is 0 Å². The summed E-state index contributed by atoms with van der Waals surface area (Å²) in [5.74, 6) is 1.44. The minimum Gasteiger partial charge on any atom is -0.457 e. The number of amides is 2. The Morgan fingerprint density at radius 1 is 1.11 bits per heavy atom. The average molecular weight is 369 g/mol. The van der Waals surface area contributed by atoms with Crippen LogP contribution in [0, 0.1) is 0 Å². The third-order valence-corrected chi connectivity index (χ3v) is 4.43. The summed E-state index contributed by atoms with van der Waals surface area (Å²) in [6.45, 7) is 6.51. The molecule has 1 heterocycles. The van der Waals surface area contributed by atoms with Gasteiger partial charge in [0, 0.05) is 37.4 Å². The Morgan fingerprint density at radius 3 is 2.63 bits per heavy atom. The number of carbonyl (C=O) groups excluding carboxylic acids is 1. The Hall–Kier alpha value is -2.57. The molecule has 1 fully saturated rings. The van der Waals surface area contributed by atoms with E-state index < -0.39 is 0 Å². The van der Waals surface area contributed by atoms with Gasteiger partial charge in [0.2, 0.25) is 0 Å². The molecule has 1 saturated heterocycles. The van der Waals surface area contributed by atoms with E-state index in [1.54, 1.807) is 0 Å². The molecule has 0 unspecified atom stereocenters. The molecule has 0 spiro atoms. The van der Waals surface area contributed by atoms with Crippen LogP contribution in [-0.4, -0.2) is 49.8 Å². The number of anilines is 1. The summed E-state index contributed by atoms with van der Waals surface area (Å²) in [4.78, 5) is 14.6. The van der Waals surface area contributed by atoms with Gasteiger partial charge in [-0.05, 0) is 37.6 Å². The van der Waals surface area contributed by atoms with Gasteiger partial charge in [0.05, 0.1) is 13.2 Å². The predicted molar refractivity (Wildman–Crippen MR) is 106 cm³/mol. The summed E-state index contributed by atoms with van der Waals surface area (Å²) in [6, 6.07) is 16.8. The standard InChI is InChI=1S/C21H27N3O3/c1-17(10-11-24-12-14-26-15-13-24)22-21(25)23-18-6-5-9-20(16-18)27-19-7-3-2-4-8-19/h2-9,16-17H,10-15H2,1H3,(H2,22,23,25)/t17-/m1/s1. The lowest BCUT2D eigenvalue weighted by Crippen LogP contribution is -2.41. The van der Waals surface area contributed by atoms with Crippen molar-refractivity contribution in [2.45, 2.75) is 19.4 Å². The van der Waals surface area contributed by atoms with E-state index in [2.05, 4.69) is 15.5 Å². The largest absolute Gasteiger partial charge is 0.457 e. The molecule has 0 radical (unpaired) electrons. The Bertz CT molecular complexity index is 718. The smallest absolute Gasteiger partial charge is 0.319 e. The summed E-state index contributed by atoms with van der Waals surface area (Å²) in [7, 11) is 0. The van der Waals surface area contributed by atoms with Gasteiger partial charge >= 0.3 is 6.03 Å². The molecule has 1 aliphatic heterocycles. The number of benzene rings is 2. The summed E-state index contributed by atoms with van der Waals surface area (Å²) in [6.07, 6.45) is 0.907. The number of urea groups is 1. The van der Waals surface area contributed by atoms with Crippen LogP contribution in [0.15, 0.2) is 54.6 Å². The normalized spacial score (nSPS) is 15.7. The molecule has 3 rings (SSSR count). The van der Waals surface area contributed by atoms with Gasteiger partial charge in [-0.1, -0.05) is 24.3 Å². The van der Waals surface area contributed by atoms with Gasteiger partial charge in [-0.25, -0.2) is 4.79 Å². The number of hydrogen-bond acceptors (Lipinski definition) is 4. The van der Waals surface area contributed by atoms with Crippen molar-refractivity contribution in [1.82, 2.24) is 10.2 Å². The van der Waals surface area contributed by atoms with Crippen LogP contribution < -0.4 is 15.4 Å². The van der Waals surface area contributed by atoms with Gasteiger partial charge in [0.25, 0.3) is 0 Å². The molecule has 1 aliphatic rings. The maximum absolute atomic E-state index is 12.2. The van der Waals surface area contributed by atoms with Gasteiger partial charge in [-0.2, -0.15) is 0 Å². The number of hydrogen-bond donors (Lipinski definition) is 2. The van der Waals surface area contributed by atoms with E-state index in [0.29, 0.717) is 11.4 Å². The molecule has 27 heavy (non-hydrogen) atoms. The highest BCUT2D eigenvalue weighted by Crippen LogP contribution is 2.23. The zero-order valence-corrected chi connectivity index (χ0v) is 15.7. The number of nitrogens with one attached hydrogen (secondary N) is 2. The molecule has 1 atom stereocenters. The molecule has 144 valence electrons. The quantitative estimate of drug-likeness (QED) is 0.781. The lowest BCUT2D eigenvalue weighted by atomic mass is 10.2. The van der Waals surface area contributed by atoms with Crippen LogP contribution >= 0.6 is 0 Å². The lowest BCUT2D eigenvalue weighted by molar-refractivity contribution is 0.0365. The fraction of sp³-hybridized carbons (Fsp3) is 0.381. The first-order valence-corrected chi connectivity index (χ1v) is 9.39. The number of rotatable bonds is 7. The first kappa shape index (κ1) is 19.2. The topological polar surface area (TPSA) is 62.8 Å². The van der Waals surface area contributed by atoms with Crippen molar-refractivity contribution in [3.05, 3.63) is 54.6 Å². The third kappa shape index (κ3) is 6.58. The summed E-state index contributed by atoms with van der Waals surface area (Å²) in [5.41, 5.74) is 0.696. The second-order valence-corrected chi connectivity index (χ2v) is 6.69. The minimum absolute atomic E-state index is 0.0941. The molecule has 2 N–H and O–H groups in total. The van der Waals surface area contributed by atoms with Gasteiger partial charge in [0.1, 0.15) is 11.5 Å². The molecule has 6 nitrogen and oxygen atoms in total. The molecular formula is C21H27N3O3. The molecular weight excluding hydrogens is 342 g/mol. The number of ether oxygens (including phenoxy) is 2. The first-order chi connectivity index (χ1) is 13.2. The Morgan fingerprint density at radius 2 is 1.85 bits per heavy atom. The van der Waals surface area contributed by atoms with Crippen LogP contribution in [0.3, 0.4) is 0 Å². The Kier molecular flexibility index (Phi) is 7.07. The van der Waals surface area contributed by atoms with Crippen molar-refractivity contribution in [1.29, 1.82) is 0 Å². The predicted octanol–water partition coefficient (Wildman–Crippen LogP) is 3.71. The zero-order chi connectivity index (χ0) is 18.9. The highest BCUT2D eigenvalue weighted by molar-refractivity contribution is 5.89. The van der Waals surface area contributed by atoms with Crippen LogP contribution in [0.2, 0.25) is 0 Å². The van der Waals surface area contributed by atoms with E-state index in [0.717, 1.165) is 45.0 Å². The summed E-state index contributed by atoms with van der Waals surface area (Å²) in [5, 5.41) is 5.86. The van der Waals surface area contributed by atoms with Crippen LogP contribution in [-0.2, 0) is 4.74 Å². The maximum Gasteiger partial charge on any atom is 0.319 e. The van der Waals surface area contributed by atoms with E-state index >= 15 is 0 Å². The second-order valence-electron chi connectivity index (χ2n) is 6.69. The van der Waals surface area contributed by atoms with E-state index in [1.807, 2.05) is 61.5 Å². The first-order valence-electron chi connectivity index (χ1n) is 9.39. The monoisotopic (exact) mass is 369 g/mol. The lowest BCUT2D eigenvalue weighted by Gasteiger charge is -2.27. The van der Waals surface area contributed by atoms with Crippen molar-refractivity contribution in [3.63, 3.8) is 0 Å². The summed E-state index contributed by atoms with van der Waals surface area (Å²) >= 11 is 0. The number of carbonyl (C=O) groups is 1. The third-order valence-electron chi connectivity index (χ3n) is 4.43. The molecule has 6 heteroatoms. The number of nitrogens with zero attached hydrogens (tertiary/aromatic N) is 1. The van der Waals surface area contributed by atoms with Crippen molar-refractivity contribution in [2.75, 3.05) is 38.2 Å². The van der Waals surface area contributed by atoms with E-state index in [9.17, 15) is 4.79 Å². The molecule has 2 aromatic carbocycles. The molecule has 2 amide bonds. The SMILES string of the molecule is C[C@H](CCN1CCOCC1)NC(=O)Nc1cccc(Oc2ccccc2)c1. The average Bonchev–Trinajstić information content (AvgIpc) is 2.68. The fourth-order valence-corrected chi connectivity index (χ4v) is 2.93. The van der Waals surface area contributed by atoms with Crippen molar-refractivity contribution >= 4 is 11.7 Å². The van der Waals surface area contributed by atoms with Crippen molar-refractivity contribution in [3.8, 4) is 11.5 Å². The van der Waals surface area contributed by atoms with Crippen LogP contribution in [0.5, 0.6) is 11.5 Å². The molecule has 0 aromatic heterocycles. The van der Waals surface area contributed by atoms with Crippen LogP contribution in [0.1, 0.15) is 13.3 Å². The summed E-state index contributed by atoms with van der Waals surface area (Å²) < 4.78 is 11.2. The molecule has 0 saturated carbocycles. The highest BCUT2D eigenvalue weighted by atomic mass is 16.5. The van der Waals surface area contributed by atoms with E-state index in [-0.39, 0.29) is 12.1 Å². The number of morpholine rings is 1. The second kappa shape index (κ2) is 9.94. The maximum atomic E-state index is 12.2. The number of para-hydroxylation sites is 1. The van der Waals surface area contributed by atoms with Crippen molar-refractivity contribution < 1.29 is 14.3 Å². The van der Waals surface area contributed by atoms with E-state index in [1.165, 1.54) is 0 Å². The highest BCUT2D eigenvalue weighted by Gasteiger charge is 2.13. The molecule has 2 aromatic rings. The van der Waals surface area contributed by atoms with Crippen molar-refractivity contribution in [2.24, 2.45) is 0 Å². The van der Waals surface area contributed by atoms with E-state index in [4.69, 9.17) is 9.47 Å². The minimum atomic E-state index is -0.207. The van der Waals surface area contributed by atoms with Crippen LogP contribution in [0.4, 0.5) is 10.5 Å². The van der Waals surface area contributed by atoms with Gasteiger partial charge in [-0.3, -0.25) is 4.90 Å². The fourth-order valence-electron chi connectivity index (χ4n) is 2.93. The molecule has 0 aliphatic carbocycles. The molecule has 0 bridgehead atoms. The Balaban J connectivity index is 1.45. The van der Waals surface area contributed by atoms with Crippen LogP contribution in [0.25, 0.3) is 0 Å². The zero-order valence-electron chi connectivity index (χ0n) is 15.7. The Labute approximate surface area is 160 Å². The van der Waals surface area contributed by atoms with Gasteiger partial charge < -0.3 is 20.1 Å².